The number of hydrogen-bond acceptors (Lipinski definition) is 4. The molecule has 0 fully saturated rings. The van der Waals surface area contributed by atoms with Crippen molar-refractivity contribution >= 4 is 11.8 Å². The molecule has 2 aromatic rings. The number of hydrogen-bond donors (Lipinski definition) is 1. The van der Waals surface area contributed by atoms with Crippen molar-refractivity contribution in [1.29, 1.82) is 0 Å². The van der Waals surface area contributed by atoms with Gasteiger partial charge in [0.05, 0.1) is 0 Å². The molecule has 0 atom stereocenters. The van der Waals surface area contributed by atoms with Crippen LogP contribution < -0.4 is 9.47 Å². The van der Waals surface area contributed by atoms with Crippen LogP contribution in [0.3, 0.4) is 0 Å². The van der Waals surface area contributed by atoms with Gasteiger partial charge in [-0.15, -0.1) is 0 Å². The van der Waals surface area contributed by atoms with Gasteiger partial charge >= 0.3 is 5.97 Å². The van der Waals surface area contributed by atoms with E-state index in [1.165, 1.54) is 17.6 Å². The second kappa shape index (κ2) is 4.97. The molecule has 1 aromatic heterocycles. The second-order valence-electron chi connectivity index (χ2n) is 4.79. The summed E-state index contributed by atoms with van der Waals surface area (Å²) in [6.07, 6.45) is 1.55. The highest BCUT2D eigenvalue weighted by molar-refractivity contribution is 5.97. The van der Waals surface area contributed by atoms with Crippen molar-refractivity contribution < 1.29 is 24.2 Å². The van der Waals surface area contributed by atoms with Crippen LogP contribution in [0.25, 0.3) is 0 Å². The van der Waals surface area contributed by atoms with E-state index in [1.807, 2.05) is 6.07 Å². The number of nitrogens with zero attached hydrogens (tertiary/aromatic N) is 1. The Labute approximate surface area is 120 Å². The molecular weight excluding hydrogens is 274 g/mol. The van der Waals surface area contributed by atoms with Gasteiger partial charge in [0.25, 0.3) is 0 Å². The van der Waals surface area contributed by atoms with Gasteiger partial charge in [-0.2, -0.15) is 0 Å². The molecule has 1 aromatic carbocycles. The van der Waals surface area contributed by atoms with Gasteiger partial charge < -0.3 is 19.1 Å². The molecule has 0 radical (unpaired) electrons. The Morgan fingerprint density at radius 3 is 2.71 bits per heavy atom. The Morgan fingerprint density at radius 1 is 1.24 bits per heavy atom. The first-order valence-electron chi connectivity index (χ1n) is 6.37. The molecule has 0 aliphatic carbocycles. The minimum Gasteiger partial charge on any atom is -0.477 e. The zero-order valence-electron chi connectivity index (χ0n) is 11.3. The first-order valence-corrected chi connectivity index (χ1v) is 6.37. The lowest BCUT2D eigenvalue weighted by Gasteiger charge is -2.07. The van der Waals surface area contributed by atoms with Crippen LogP contribution in [0.5, 0.6) is 11.5 Å². The van der Waals surface area contributed by atoms with Gasteiger partial charge in [0.15, 0.2) is 17.3 Å². The van der Waals surface area contributed by atoms with Gasteiger partial charge in [-0.25, -0.2) is 4.79 Å². The molecule has 1 aliphatic rings. The standard InChI is InChI=1S/C15H13NO5/c1-9(17)11-5-12(15(18)19)16(7-11)6-10-2-3-13-14(4-10)21-8-20-13/h2-5,7H,6,8H2,1H3,(H,18,19). The molecule has 6 heteroatoms. The molecule has 3 rings (SSSR count). The Balaban J connectivity index is 1.93. The molecular formula is C15H13NO5. The van der Waals surface area contributed by atoms with E-state index in [4.69, 9.17) is 9.47 Å². The Kier molecular flexibility index (Phi) is 3.13. The number of ether oxygens (including phenoxy) is 2. The maximum atomic E-state index is 11.4. The minimum atomic E-state index is -1.07. The number of carboxylic acids is 1. The normalized spacial score (nSPS) is 12.4. The van der Waals surface area contributed by atoms with E-state index >= 15 is 0 Å². The van der Waals surface area contributed by atoms with Gasteiger partial charge in [-0.05, 0) is 30.7 Å². The van der Waals surface area contributed by atoms with Gasteiger partial charge in [0, 0.05) is 18.3 Å². The quantitative estimate of drug-likeness (QED) is 0.872. The average molecular weight is 287 g/mol. The largest absolute Gasteiger partial charge is 0.477 e. The molecule has 0 saturated carbocycles. The summed E-state index contributed by atoms with van der Waals surface area (Å²) in [5.74, 6) is 0.0858. The van der Waals surface area contributed by atoms with Crippen LogP contribution in [0.2, 0.25) is 0 Å². The third kappa shape index (κ3) is 2.47. The highest BCUT2D eigenvalue weighted by atomic mass is 16.7. The number of carbonyl (C=O) groups excluding carboxylic acids is 1. The number of carbonyl (C=O) groups is 2. The summed E-state index contributed by atoms with van der Waals surface area (Å²) in [7, 11) is 0. The number of rotatable bonds is 4. The molecule has 0 saturated heterocycles. The van der Waals surface area contributed by atoms with Crippen molar-refractivity contribution in [1.82, 2.24) is 4.57 Å². The summed E-state index contributed by atoms with van der Waals surface area (Å²) < 4.78 is 12.1. The van der Waals surface area contributed by atoms with Crippen molar-refractivity contribution in [2.24, 2.45) is 0 Å². The van der Waals surface area contributed by atoms with E-state index in [9.17, 15) is 14.7 Å². The minimum absolute atomic E-state index is 0.0814. The monoisotopic (exact) mass is 287 g/mol. The second-order valence-corrected chi connectivity index (χ2v) is 4.79. The SMILES string of the molecule is CC(=O)c1cc(C(=O)O)n(Cc2ccc3c(c2)OCO3)c1. The number of aromatic nitrogens is 1. The van der Waals surface area contributed by atoms with Crippen LogP contribution in [-0.4, -0.2) is 28.2 Å². The van der Waals surface area contributed by atoms with Gasteiger partial charge in [0.2, 0.25) is 6.79 Å². The summed E-state index contributed by atoms with van der Waals surface area (Å²) in [6, 6.07) is 6.82. The summed E-state index contributed by atoms with van der Waals surface area (Å²) in [5, 5.41) is 9.22. The molecule has 1 N–H and O–H groups in total. The fourth-order valence-electron chi connectivity index (χ4n) is 2.25. The molecule has 108 valence electrons. The van der Waals surface area contributed by atoms with Gasteiger partial charge in [0.1, 0.15) is 5.69 Å². The van der Waals surface area contributed by atoms with Crippen molar-refractivity contribution in [3.63, 3.8) is 0 Å². The van der Waals surface area contributed by atoms with Gasteiger partial charge in [-0.3, -0.25) is 4.79 Å². The summed E-state index contributed by atoms with van der Waals surface area (Å²) >= 11 is 0. The van der Waals surface area contributed by atoms with E-state index in [0.29, 0.717) is 23.6 Å². The fraction of sp³-hybridized carbons (Fsp3) is 0.200. The summed E-state index contributed by atoms with van der Waals surface area (Å²) in [5.41, 5.74) is 1.33. The molecule has 0 bridgehead atoms. The number of carboxylic acid groups (broad SMARTS) is 1. The highest BCUT2D eigenvalue weighted by Crippen LogP contribution is 2.32. The van der Waals surface area contributed by atoms with E-state index < -0.39 is 5.97 Å². The van der Waals surface area contributed by atoms with Crippen molar-refractivity contribution in [3.8, 4) is 11.5 Å². The number of benzene rings is 1. The smallest absolute Gasteiger partial charge is 0.352 e. The molecule has 0 amide bonds. The predicted octanol–water partition coefficient (Wildman–Crippen LogP) is 2.17. The van der Waals surface area contributed by atoms with Crippen LogP contribution in [-0.2, 0) is 6.54 Å². The first kappa shape index (κ1) is 13.2. The molecule has 0 unspecified atom stereocenters. The van der Waals surface area contributed by atoms with E-state index in [2.05, 4.69) is 0 Å². The maximum absolute atomic E-state index is 11.4. The number of aromatic carboxylic acids is 1. The summed E-state index contributed by atoms with van der Waals surface area (Å²) in [6.45, 7) is 1.94. The zero-order valence-corrected chi connectivity index (χ0v) is 11.3. The maximum Gasteiger partial charge on any atom is 0.352 e. The van der Waals surface area contributed by atoms with Crippen LogP contribution >= 0.6 is 0 Å². The lowest BCUT2D eigenvalue weighted by atomic mass is 10.2. The predicted molar refractivity (Wildman–Crippen MR) is 73.1 cm³/mol. The number of ketones is 1. The van der Waals surface area contributed by atoms with E-state index in [1.54, 1.807) is 18.3 Å². The number of fused-ring (bicyclic) bond motifs is 1. The third-order valence-electron chi connectivity index (χ3n) is 3.31. The number of Topliss-reactive ketones (excluding diaryl/α,β-unsaturated/α-hetero) is 1. The topological polar surface area (TPSA) is 77.8 Å². The zero-order chi connectivity index (χ0) is 15.0. The van der Waals surface area contributed by atoms with Crippen LogP contribution in [0.15, 0.2) is 30.5 Å². The Hall–Kier alpha value is -2.76. The first-order chi connectivity index (χ1) is 10.0. The molecule has 21 heavy (non-hydrogen) atoms. The van der Waals surface area contributed by atoms with Crippen LogP contribution in [0.4, 0.5) is 0 Å². The van der Waals surface area contributed by atoms with E-state index in [0.717, 1.165) is 5.56 Å². The van der Waals surface area contributed by atoms with Crippen molar-refractivity contribution in [2.45, 2.75) is 13.5 Å². The lowest BCUT2D eigenvalue weighted by molar-refractivity contribution is 0.0685. The van der Waals surface area contributed by atoms with Crippen molar-refractivity contribution in [2.75, 3.05) is 6.79 Å². The summed E-state index contributed by atoms with van der Waals surface area (Å²) in [4.78, 5) is 22.7. The van der Waals surface area contributed by atoms with Gasteiger partial charge in [-0.1, -0.05) is 6.07 Å². The van der Waals surface area contributed by atoms with Crippen molar-refractivity contribution in [3.05, 3.63) is 47.3 Å². The Morgan fingerprint density at radius 2 is 2.00 bits per heavy atom. The highest BCUT2D eigenvalue weighted by Gasteiger charge is 2.17. The Bertz CT molecular complexity index is 732. The molecule has 6 nitrogen and oxygen atoms in total. The van der Waals surface area contributed by atoms with Crippen LogP contribution in [0.1, 0.15) is 33.3 Å². The average Bonchev–Trinajstić information content (AvgIpc) is 3.04. The molecule has 1 aliphatic heterocycles. The van der Waals surface area contributed by atoms with Crippen LogP contribution in [0, 0.1) is 0 Å². The fourth-order valence-corrected chi connectivity index (χ4v) is 2.25. The van der Waals surface area contributed by atoms with E-state index in [-0.39, 0.29) is 18.3 Å². The molecule has 2 heterocycles. The lowest BCUT2D eigenvalue weighted by Crippen LogP contribution is -2.08. The third-order valence-corrected chi connectivity index (χ3v) is 3.31. The molecule has 0 spiro atoms.